The van der Waals surface area contributed by atoms with Crippen molar-refractivity contribution in [2.75, 3.05) is 7.05 Å². The molecule has 0 radical (unpaired) electrons. The first-order valence-electron chi connectivity index (χ1n) is 6.14. The Morgan fingerprint density at radius 3 is 2.84 bits per heavy atom. The quantitative estimate of drug-likeness (QED) is 0.864. The fraction of sp³-hybridized carbons (Fsp3) is 0.286. The van der Waals surface area contributed by atoms with E-state index in [-0.39, 0.29) is 5.91 Å². The largest absolute Gasteiger partial charge is 0.338 e. The summed E-state index contributed by atoms with van der Waals surface area (Å²) >= 11 is 7.54. The summed E-state index contributed by atoms with van der Waals surface area (Å²) in [7, 11) is 1.86. The van der Waals surface area contributed by atoms with Crippen molar-refractivity contribution in [3.8, 4) is 10.6 Å². The van der Waals surface area contributed by atoms with Gasteiger partial charge in [0.2, 0.25) is 0 Å². The van der Waals surface area contributed by atoms with Crippen LogP contribution in [0.5, 0.6) is 0 Å². The maximum absolute atomic E-state index is 12.2. The summed E-state index contributed by atoms with van der Waals surface area (Å²) in [6.45, 7) is 0. The van der Waals surface area contributed by atoms with Crippen LogP contribution in [0, 0.1) is 0 Å². The number of aromatic nitrogens is 1. The Labute approximate surface area is 120 Å². The predicted molar refractivity (Wildman–Crippen MR) is 77.7 cm³/mol. The highest BCUT2D eigenvalue weighted by Crippen LogP contribution is 2.33. The van der Waals surface area contributed by atoms with Gasteiger partial charge in [0.05, 0.1) is 11.2 Å². The molecule has 3 rings (SSSR count). The third-order valence-corrected chi connectivity index (χ3v) is 4.58. The monoisotopic (exact) mass is 292 g/mol. The maximum atomic E-state index is 12.2. The van der Waals surface area contributed by atoms with Crippen LogP contribution in [0.2, 0.25) is 5.02 Å². The lowest BCUT2D eigenvalue weighted by Crippen LogP contribution is -2.27. The average molecular weight is 293 g/mol. The van der Waals surface area contributed by atoms with Gasteiger partial charge in [-0.05, 0) is 18.9 Å². The zero-order valence-electron chi connectivity index (χ0n) is 10.5. The van der Waals surface area contributed by atoms with Gasteiger partial charge in [0.15, 0.2) is 0 Å². The van der Waals surface area contributed by atoms with Crippen LogP contribution in [0.3, 0.4) is 0 Å². The molecule has 98 valence electrons. The molecule has 1 fully saturated rings. The molecule has 5 heteroatoms. The average Bonchev–Trinajstić information content (AvgIpc) is 3.16. The Bertz CT molecular complexity index is 621. The molecule has 19 heavy (non-hydrogen) atoms. The van der Waals surface area contributed by atoms with Crippen LogP contribution in [0.25, 0.3) is 10.6 Å². The van der Waals surface area contributed by atoms with Gasteiger partial charge < -0.3 is 4.90 Å². The summed E-state index contributed by atoms with van der Waals surface area (Å²) in [6, 6.07) is 7.96. The molecule has 2 aromatic rings. The first-order chi connectivity index (χ1) is 9.16. The van der Waals surface area contributed by atoms with Gasteiger partial charge in [-0.1, -0.05) is 29.8 Å². The third kappa shape index (κ3) is 2.51. The number of amides is 1. The van der Waals surface area contributed by atoms with E-state index in [4.69, 9.17) is 11.6 Å². The second-order valence-corrected chi connectivity index (χ2v) is 6.09. The highest BCUT2D eigenvalue weighted by atomic mass is 35.5. The molecule has 1 saturated carbocycles. The van der Waals surface area contributed by atoms with Crippen molar-refractivity contribution in [1.82, 2.24) is 9.88 Å². The van der Waals surface area contributed by atoms with Crippen molar-refractivity contribution < 1.29 is 4.79 Å². The smallest absolute Gasteiger partial charge is 0.265 e. The third-order valence-electron chi connectivity index (χ3n) is 3.24. The Kier molecular flexibility index (Phi) is 3.29. The predicted octanol–water partition coefficient (Wildman–Crippen LogP) is 3.70. The Hall–Kier alpha value is -1.39. The van der Waals surface area contributed by atoms with E-state index in [0.29, 0.717) is 15.9 Å². The zero-order chi connectivity index (χ0) is 13.4. The molecular weight excluding hydrogens is 280 g/mol. The van der Waals surface area contributed by atoms with E-state index in [2.05, 4.69) is 4.98 Å². The molecule has 1 aliphatic rings. The molecule has 0 saturated heterocycles. The minimum atomic E-state index is 0.0540. The van der Waals surface area contributed by atoms with Crippen LogP contribution in [0.4, 0.5) is 0 Å². The molecule has 0 aliphatic heterocycles. The summed E-state index contributed by atoms with van der Waals surface area (Å²) in [4.78, 5) is 19.0. The van der Waals surface area contributed by atoms with Gasteiger partial charge in [-0.2, -0.15) is 0 Å². The van der Waals surface area contributed by atoms with Gasteiger partial charge in [0.1, 0.15) is 9.88 Å². The number of carbonyl (C=O) groups is 1. The van der Waals surface area contributed by atoms with Crippen molar-refractivity contribution in [2.45, 2.75) is 18.9 Å². The van der Waals surface area contributed by atoms with Gasteiger partial charge in [-0.3, -0.25) is 4.79 Å². The van der Waals surface area contributed by atoms with Crippen LogP contribution in [0.15, 0.2) is 30.5 Å². The minimum Gasteiger partial charge on any atom is -0.338 e. The van der Waals surface area contributed by atoms with E-state index in [0.717, 1.165) is 23.4 Å². The van der Waals surface area contributed by atoms with Gasteiger partial charge >= 0.3 is 0 Å². The lowest BCUT2D eigenvalue weighted by molar-refractivity contribution is 0.0789. The normalized spacial score (nSPS) is 14.4. The van der Waals surface area contributed by atoms with Crippen LogP contribution in [0.1, 0.15) is 22.5 Å². The number of hydrogen-bond acceptors (Lipinski definition) is 3. The number of carbonyl (C=O) groups excluding carboxylic acids is 1. The van der Waals surface area contributed by atoms with Crippen molar-refractivity contribution in [3.63, 3.8) is 0 Å². The molecule has 1 aromatic heterocycles. The molecule has 0 N–H and O–H groups in total. The first-order valence-corrected chi connectivity index (χ1v) is 7.34. The molecule has 0 spiro atoms. The summed E-state index contributed by atoms with van der Waals surface area (Å²) in [5.74, 6) is 0.0540. The fourth-order valence-electron chi connectivity index (χ4n) is 1.93. The van der Waals surface area contributed by atoms with Crippen molar-refractivity contribution >= 4 is 28.8 Å². The fourth-order valence-corrected chi connectivity index (χ4v) is 3.15. The Morgan fingerprint density at radius 2 is 2.16 bits per heavy atom. The highest BCUT2D eigenvalue weighted by molar-refractivity contribution is 7.17. The van der Waals surface area contributed by atoms with Gasteiger partial charge in [-0.25, -0.2) is 4.98 Å². The van der Waals surface area contributed by atoms with Crippen LogP contribution in [-0.2, 0) is 0 Å². The SMILES string of the molecule is CN(C(=O)c1cnc(-c2ccccc2Cl)s1)C1CC1. The maximum Gasteiger partial charge on any atom is 0.265 e. The summed E-state index contributed by atoms with van der Waals surface area (Å²) in [5, 5.41) is 1.45. The highest BCUT2D eigenvalue weighted by Gasteiger charge is 2.30. The molecule has 3 nitrogen and oxygen atoms in total. The second-order valence-electron chi connectivity index (χ2n) is 4.66. The minimum absolute atomic E-state index is 0.0540. The van der Waals surface area contributed by atoms with E-state index in [9.17, 15) is 4.79 Å². The van der Waals surface area contributed by atoms with Gasteiger partial charge in [0, 0.05) is 18.7 Å². The molecule has 0 bridgehead atoms. The van der Waals surface area contributed by atoms with Gasteiger partial charge in [-0.15, -0.1) is 11.3 Å². The van der Waals surface area contributed by atoms with E-state index in [1.807, 2.05) is 36.2 Å². The van der Waals surface area contributed by atoms with Crippen LogP contribution < -0.4 is 0 Å². The summed E-state index contributed by atoms with van der Waals surface area (Å²) in [5.41, 5.74) is 0.877. The lowest BCUT2D eigenvalue weighted by Gasteiger charge is -2.14. The van der Waals surface area contributed by atoms with Crippen LogP contribution in [-0.4, -0.2) is 28.9 Å². The van der Waals surface area contributed by atoms with E-state index in [1.54, 1.807) is 6.20 Å². The van der Waals surface area contributed by atoms with E-state index in [1.165, 1.54) is 11.3 Å². The van der Waals surface area contributed by atoms with Crippen LogP contribution >= 0.6 is 22.9 Å². The number of hydrogen-bond donors (Lipinski definition) is 0. The standard InChI is InChI=1S/C14H13ClN2OS/c1-17(9-6-7-9)14(18)12-8-16-13(19-12)10-4-2-3-5-11(10)15/h2-5,8-9H,6-7H2,1H3. The molecule has 1 heterocycles. The molecule has 1 aliphatic carbocycles. The summed E-state index contributed by atoms with van der Waals surface area (Å²) in [6.07, 6.45) is 3.86. The Balaban J connectivity index is 1.87. The number of halogens is 1. The number of rotatable bonds is 3. The number of nitrogens with zero attached hydrogens (tertiary/aromatic N) is 2. The Morgan fingerprint density at radius 1 is 1.42 bits per heavy atom. The molecule has 0 unspecified atom stereocenters. The zero-order valence-corrected chi connectivity index (χ0v) is 12.0. The summed E-state index contributed by atoms with van der Waals surface area (Å²) < 4.78 is 0. The van der Waals surface area contributed by atoms with Gasteiger partial charge in [0.25, 0.3) is 5.91 Å². The number of benzene rings is 1. The first kappa shape index (κ1) is 12.6. The topological polar surface area (TPSA) is 33.2 Å². The molecule has 1 amide bonds. The van der Waals surface area contributed by atoms with Crippen molar-refractivity contribution in [2.24, 2.45) is 0 Å². The van der Waals surface area contributed by atoms with E-state index < -0.39 is 0 Å². The second kappa shape index (κ2) is 4.94. The molecule has 0 atom stereocenters. The van der Waals surface area contributed by atoms with E-state index >= 15 is 0 Å². The van der Waals surface area contributed by atoms with Crippen molar-refractivity contribution in [3.05, 3.63) is 40.4 Å². The molecular formula is C14H13ClN2OS. The lowest BCUT2D eigenvalue weighted by atomic mass is 10.2. The van der Waals surface area contributed by atoms with Crippen molar-refractivity contribution in [1.29, 1.82) is 0 Å². The molecule has 1 aromatic carbocycles. The number of thiazole rings is 1.